The lowest BCUT2D eigenvalue weighted by atomic mass is 10.2. The number of carbonyl (C=O) groups is 1. The fraction of sp³-hybridized carbons (Fsp3) is 0.600. The molecule has 1 N–H and O–H groups in total. The van der Waals surface area contributed by atoms with Crippen LogP contribution in [0.15, 0.2) is 0 Å². The van der Waals surface area contributed by atoms with Gasteiger partial charge in [0.1, 0.15) is 5.78 Å². The predicted octanol–water partition coefficient (Wildman–Crippen LogP) is 1.43. The van der Waals surface area contributed by atoms with E-state index in [0.717, 1.165) is 0 Å². The first-order valence-corrected chi connectivity index (χ1v) is 2.16. The van der Waals surface area contributed by atoms with E-state index in [1.54, 1.807) is 6.92 Å². The van der Waals surface area contributed by atoms with Crippen LogP contribution in [-0.2, 0) is 4.79 Å². The molecule has 2 nitrogen and oxygen atoms in total. The topological polar surface area (TPSA) is 40.9 Å². The normalized spacial score (nSPS) is 7.25. The molecule has 0 rings (SSSR count). The first kappa shape index (κ1) is 10.6. The van der Waals surface area contributed by atoms with Crippen molar-refractivity contribution in [2.75, 3.05) is 0 Å². The summed E-state index contributed by atoms with van der Waals surface area (Å²) in [6.45, 7) is 3.11. The van der Waals surface area contributed by atoms with Gasteiger partial charge < -0.3 is 5.41 Å². The molecule has 3 heteroatoms. The Hall–Kier alpha value is -0.370. The Bertz CT molecular complexity index is 88.6. The van der Waals surface area contributed by atoms with E-state index >= 15 is 0 Å². The van der Waals surface area contributed by atoms with E-state index in [1.807, 2.05) is 0 Å². The highest BCUT2D eigenvalue weighted by Crippen LogP contribution is 1.81. The molecule has 0 aliphatic heterocycles. The zero-order valence-corrected chi connectivity index (χ0v) is 5.84. The molecular weight excluding hydrogens is 126 g/mol. The Labute approximate surface area is 55.2 Å². The largest absolute Gasteiger partial charge is 0.310 e. The molecule has 0 aromatic rings. The number of ketones is 1. The molecule has 0 amide bonds. The minimum atomic E-state index is 0. The van der Waals surface area contributed by atoms with E-state index in [4.69, 9.17) is 5.41 Å². The van der Waals surface area contributed by atoms with E-state index < -0.39 is 0 Å². The molecule has 0 aliphatic rings. The van der Waals surface area contributed by atoms with E-state index in [2.05, 4.69) is 0 Å². The Morgan fingerprint density at radius 1 is 1.50 bits per heavy atom. The summed E-state index contributed by atoms with van der Waals surface area (Å²) < 4.78 is 0. The number of halogens is 1. The van der Waals surface area contributed by atoms with Crippen molar-refractivity contribution in [1.29, 1.82) is 5.41 Å². The molecular formula is C5H10ClNO. The number of hydrogen-bond donors (Lipinski definition) is 1. The van der Waals surface area contributed by atoms with Crippen LogP contribution in [0.5, 0.6) is 0 Å². The second-order valence-corrected chi connectivity index (χ2v) is 1.66. The van der Waals surface area contributed by atoms with E-state index in [-0.39, 0.29) is 18.2 Å². The maximum atomic E-state index is 10.1. The summed E-state index contributed by atoms with van der Waals surface area (Å²) in [5.74, 6) is 0.0625. The second-order valence-electron chi connectivity index (χ2n) is 1.66. The average Bonchev–Trinajstić information content (AvgIpc) is 1.27. The third kappa shape index (κ3) is 9.16. The van der Waals surface area contributed by atoms with Gasteiger partial charge in [-0.1, -0.05) is 0 Å². The fourth-order valence-corrected chi connectivity index (χ4v) is 0.373. The summed E-state index contributed by atoms with van der Waals surface area (Å²) >= 11 is 0. The number of hydrogen-bond acceptors (Lipinski definition) is 2. The predicted molar refractivity (Wildman–Crippen MR) is 35.9 cm³/mol. The number of Topliss-reactive ketones (excluding diaryl/α,β-unsaturated/α-hetero) is 1. The molecule has 0 spiro atoms. The molecule has 0 saturated heterocycles. The maximum Gasteiger partial charge on any atom is 0.135 e. The van der Waals surface area contributed by atoms with Gasteiger partial charge in [-0.2, -0.15) is 0 Å². The summed E-state index contributed by atoms with van der Waals surface area (Å²) in [6, 6.07) is 0. The van der Waals surface area contributed by atoms with Crippen molar-refractivity contribution in [3.05, 3.63) is 0 Å². The standard InChI is InChI=1S/C5H9NO.ClH/c1-4(6)3-5(2)7;/h6H,3H2,1-2H3;1H. The SMILES string of the molecule is CC(=N)CC(C)=O.Cl. The van der Waals surface area contributed by atoms with Gasteiger partial charge in [-0.3, -0.25) is 4.79 Å². The molecule has 0 aromatic carbocycles. The molecule has 0 radical (unpaired) electrons. The van der Waals surface area contributed by atoms with Crippen LogP contribution in [0.25, 0.3) is 0 Å². The molecule has 0 aliphatic carbocycles. The zero-order valence-electron chi connectivity index (χ0n) is 5.02. The second kappa shape index (κ2) is 4.78. The molecule has 0 unspecified atom stereocenters. The van der Waals surface area contributed by atoms with Gasteiger partial charge in [0.05, 0.1) is 0 Å². The summed E-state index contributed by atoms with van der Waals surface area (Å²) in [5, 5.41) is 6.80. The van der Waals surface area contributed by atoms with Crippen LogP contribution >= 0.6 is 12.4 Å². The molecule has 0 bridgehead atoms. The van der Waals surface area contributed by atoms with E-state index in [9.17, 15) is 4.79 Å². The van der Waals surface area contributed by atoms with Crippen LogP contribution in [0.2, 0.25) is 0 Å². The van der Waals surface area contributed by atoms with E-state index in [1.165, 1.54) is 6.92 Å². The fourth-order valence-electron chi connectivity index (χ4n) is 0.373. The van der Waals surface area contributed by atoms with Crippen molar-refractivity contribution in [3.63, 3.8) is 0 Å². The highest BCUT2D eigenvalue weighted by molar-refractivity contribution is 5.98. The van der Waals surface area contributed by atoms with Gasteiger partial charge in [-0.25, -0.2) is 0 Å². The van der Waals surface area contributed by atoms with E-state index in [0.29, 0.717) is 12.1 Å². The lowest BCUT2D eigenvalue weighted by molar-refractivity contribution is -0.115. The summed E-state index contributed by atoms with van der Waals surface area (Å²) in [7, 11) is 0. The van der Waals surface area contributed by atoms with Crippen molar-refractivity contribution < 1.29 is 4.79 Å². The molecule has 0 saturated carbocycles. The molecule has 0 atom stereocenters. The van der Waals surface area contributed by atoms with Gasteiger partial charge in [0, 0.05) is 12.1 Å². The minimum absolute atomic E-state index is 0. The minimum Gasteiger partial charge on any atom is -0.310 e. The van der Waals surface area contributed by atoms with Crippen molar-refractivity contribution in [3.8, 4) is 0 Å². The van der Waals surface area contributed by atoms with Crippen LogP contribution in [-0.4, -0.2) is 11.5 Å². The Morgan fingerprint density at radius 2 is 1.88 bits per heavy atom. The first-order chi connectivity index (χ1) is 3.13. The molecule has 48 valence electrons. The average molecular weight is 136 g/mol. The third-order valence-electron chi connectivity index (χ3n) is 0.514. The summed E-state index contributed by atoms with van der Waals surface area (Å²) in [4.78, 5) is 10.1. The Balaban J connectivity index is 0. The molecule has 0 heterocycles. The van der Waals surface area contributed by atoms with Crippen molar-refractivity contribution in [2.24, 2.45) is 0 Å². The van der Waals surface area contributed by atoms with Gasteiger partial charge in [-0.05, 0) is 13.8 Å². The van der Waals surface area contributed by atoms with Crippen molar-refractivity contribution in [1.82, 2.24) is 0 Å². The number of carbonyl (C=O) groups excluding carboxylic acids is 1. The van der Waals surface area contributed by atoms with Crippen LogP contribution in [0, 0.1) is 5.41 Å². The van der Waals surface area contributed by atoms with Gasteiger partial charge in [0.25, 0.3) is 0 Å². The van der Waals surface area contributed by atoms with Crippen LogP contribution in [0.3, 0.4) is 0 Å². The summed E-state index contributed by atoms with van der Waals surface area (Å²) in [6.07, 6.45) is 0.306. The number of rotatable bonds is 2. The smallest absolute Gasteiger partial charge is 0.135 e. The van der Waals surface area contributed by atoms with Crippen molar-refractivity contribution in [2.45, 2.75) is 20.3 Å². The van der Waals surface area contributed by atoms with Gasteiger partial charge in [0.15, 0.2) is 0 Å². The quantitative estimate of drug-likeness (QED) is 0.572. The third-order valence-corrected chi connectivity index (χ3v) is 0.514. The molecule has 8 heavy (non-hydrogen) atoms. The van der Waals surface area contributed by atoms with Crippen LogP contribution in [0.1, 0.15) is 20.3 Å². The monoisotopic (exact) mass is 135 g/mol. The summed E-state index contributed by atoms with van der Waals surface area (Å²) in [5.41, 5.74) is 0.438. The lowest BCUT2D eigenvalue weighted by Gasteiger charge is -1.85. The van der Waals surface area contributed by atoms with Gasteiger partial charge >= 0.3 is 0 Å². The molecule has 0 fully saturated rings. The number of nitrogens with one attached hydrogen (secondary N) is 1. The maximum absolute atomic E-state index is 10.1. The Morgan fingerprint density at radius 3 is 1.88 bits per heavy atom. The van der Waals surface area contributed by atoms with Crippen LogP contribution in [0.4, 0.5) is 0 Å². The van der Waals surface area contributed by atoms with Crippen molar-refractivity contribution >= 4 is 23.9 Å². The molecule has 0 aromatic heterocycles. The Kier molecular flexibility index (Phi) is 6.32. The zero-order chi connectivity index (χ0) is 5.86. The van der Waals surface area contributed by atoms with Crippen LogP contribution < -0.4 is 0 Å². The first-order valence-electron chi connectivity index (χ1n) is 2.16. The van der Waals surface area contributed by atoms with Gasteiger partial charge in [-0.15, -0.1) is 12.4 Å². The van der Waals surface area contributed by atoms with Gasteiger partial charge in [0.2, 0.25) is 0 Å². The lowest BCUT2D eigenvalue weighted by Crippen LogP contribution is -1.96. The highest BCUT2D eigenvalue weighted by Gasteiger charge is 1.90. The highest BCUT2D eigenvalue weighted by atomic mass is 35.5.